The molecule has 4 aromatic rings. The van der Waals surface area contributed by atoms with Crippen LogP contribution in [0, 0.1) is 13.8 Å². The second kappa shape index (κ2) is 7.69. The zero-order valence-electron chi connectivity index (χ0n) is 15.2. The van der Waals surface area contributed by atoms with Crippen molar-refractivity contribution in [2.24, 2.45) is 4.99 Å². The van der Waals surface area contributed by atoms with Crippen LogP contribution in [0.15, 0.2) is 67.9 Å². The van der Waals surface area contributed by atoms with Crippen LogP contribution >= 0.6 is 27.3 Å². The Kier molecular flexibility index (Phi) is 5.11. The smallest absolute Gasteiger partial charge is 0.262 e. The van der Waals surface area contributed by atoms with Gasteiger partial charge in [-0.15, -0.1) is 11.3 Å². The van der Waals surface area contributed by atoms with Crippen molar-refractivity contribution in [3.05, 3.63) is 80.8 Å². The van der Waals surface area contributed by atoms with Crippen molar-refractivity contribution in [1.82, 2.24) is 4.98 Å². The summed E-state index contributed by atoms with van der Waals surface area (Å²) in [5.41, 5.74) is 4.18. The van der Waals surface area contributed by atoms with Crippen LogP contribution in [-0.2, 0) is 0 Å². The summed E-state index contributed by atoms with van der Waals surface area (Å²) in [6, 6.07) is 13.4. The summed E-state index contributed by atoms with van der Waals surface area (Å²) in [6.07, 6.45) is 1.64. The fraction of sp³-hybridized carbons (Fsp3) is 0.0952. The Labute approximate surface area is 173 Å². The van der Waals surface area contributed by atoms with Crippen LogP contribution in [0.25, 0.3) is 11.0 Å². The highest BCUT2D eigenvalue weighted by Gasteiger charge is 2.14. The van der Waals surface area contributed by atoms with Gasteiger partial charge in [0.1, 0.15) is 11.1 Å². The van der Waals surface area contributed by atoms with Crippen LogP contribution in [-0.4, -0.2) is 10.9 Å². The van der Waals surface area contributed by atoms with Gasteiger partial charge in [-0.1, -0.05) is 33.6 Å². The maximum Gasteiger partial charge on any atom is 0.262 e. The van der Waals surface area contributed by atoms with Crippen molar-refractivity contribution in [2.45, 2.75) is 13.8 Å². The first kappa shape index (κ1) is 18.6. The molecule has 4 rings (SSSR count). The van der Waals surface area contributed by atoms with E-state index in [1.165, 1.54) is 11.3 Å². The number of hydrogen-bond acceptors (Lipinski definition) is 5. The molecule has 0 unspecified atom stereocenters. The molecule has 0 bridgehead atoms. The molecule has 0 aliphatic heterocycles. The lowest BCUT2D eigenvalue weighted by molar-refractivity contribution is 0.102. The summed E-state index contributed by atoms with van der Waals surface area (Å²) >= 11 is 4.81. The first-order chi connectivity index (χ1) is 13.5. The molecule has 0 aliphatic rings. The maximum atomic E-state index is 12.9. The third-order valence-corrected chi connectivity index (χ3v) is 5.36. The Hall–Kier alpha value is -2.77. The molecule has 7 heteroatoms. The highest BCUT2D eigenvalue weighted by molar-refractivity contribution is 9.10. The number of aryl methyl sites for hydroxylation is 2. The van der Waals surface area contributed by atoms with Gasteiger partial charge in [0.05, 0.1) is 5.69 Å². The fourth-order valence-electron chi connectivity index (χ4n) is 2.84. The Morgan fingerprint density at radius 1 is 1.18 bits per heavy atom. The number of benzene rings is 2. The SMILES string of the molecule is Cc1ccc(N=c2oc3ccc(Br)cc3cc2C(=O)Nc2nccs2)c(C)c1. The molecule has 1 amide bonds. The van der Waals surface area contributed by atoms with E-state index < -0.39 is 0 Å². The number of aromatic nitrogens is 1. The van der Waals surface area contributed by atoms with E-state index >= 15 is 0 Å². The van der Waals surface area contributed by atoms with Crippen molar-refractivity contribution in [3.8, 4) is 0 Å². The summed E-state index contributed by atoms with van der Waals surface area (Å²) in [7, 11) is 0. The molecule has 28 heavy (non-hydrogen) atoms. The second-order valence-electron chi connectivity index (χ2n) is 6.34. The van der Waals surface area contributed by atoms with Crippen LogP contribution in [0.5, 0.6) is 0 Å². The number of nitrogens with zero attached hydrogens (tertiary/aromatic N) is 2. The van der Waals surface area contributed by atoms with Crippen molar-refractivity contribution in [2.75, 3.05) is 5.32 Å². The third kappa shape index (κ3) is 3.90. The molecule has 2 heterocycles. The molecule has 0 saturated carbocycles. The zero-order chi connectivity index (χ0) is 19.7. The summed E-state index contributed by atoms with van der Waals surface area (Å²) in [6.45, 7) is 4.02. The van der Waals surface area contributed by atoms with Crippen LogP contribution in [0.1, 0.15) is 21.5 Å². The summed E-state index contributed by atoms with van der Waals surface area (Å²) in [4.78, 5) is 21.7. The molecule has 2 aromatic carbocycles. The van der Waals surface area contributed by atoms with E-state index in [0.717, 1.165) is 26.7 Å². The molecule has 5 nitrogen and oxygen atoms in total. The summed E-state index contributed by atoms with van der Waals surface area (Å²) in [5, 5.41) is 5.94. The number of amides is 1. The third-order valence-electron chi connectivity index (χ3n) is 4.18. The molecular formula is C21H16BrN3O2S. The molecule has 1 N–H and O–H groups in total. The van der Waals surface area contributed by atoms with Gasteiger partial charge in [0.15, 0.2) is 5.13 Å². The Balaban J connectivity index is 1.90. The molecule has 0 fully saturated rings. The first-order valence-corrected chi connectivity index (χ1v) is 10.2. The van der Waals surface area contributed by atoms with Gasteiger partial charge < -0.3 is 4.42 Å². The number of thiazole rings is 1. The van der Waals surface area contributed by atoms with Crippen molar-refractivity contribution < 1.29 is 9.21 Å². The number of carbonyl (C=O) groups excluding carboxylic acids is 1. The van der Waals surface area contributed by atoms with E-state index in [-0.39, 0.29) is 11.5 Å². The Bertz CT molecular complexity index is 1250. The number of rotatable bonds is 3. The topological polar surface area (TPSA) is 67.5 Å². The van der Waals surface area contributed by atoms with Gasteiger partial charge in [0.2, 0.25) is 5.55 Å². The minimum absolute atomic E-state index is 0.260. The van der Waals surface area contributed by atoms with E-state index in [9.17, 15) is 4.79 Å². The van der Waals surface area contributed by atoms with E-state index in [1.54, 1.807) is 17.6 Å². The van der Waals surface area contributed by atoms with Gasteiger partial charge in [-0.3, -0.25) is 10.1 Å². The number of fused-ring (bicyclic) bond motifs is 1. The Morgan fingerprint density at radius 2 is 2.04 bits per heavy atom. The quantitative estimate of drug-likeness (QED) is 0.429. The minimum Gasteiger partial charge on any atom is -0.438 e. The molecule has 0 aliphatic carbocycles. The lowest BCUT2D eigenvalue weighted by Gasteiger charge is -2.06. The lowest BCUT2D eigenvalue weighted by Crippen LogP contribution is -2.21. The number of halogens is 1. The zero-order valence-corrected chi connectivity index (χ0v) is 17.6. The standard InChI is InChI=1S/C21H16BrN3O2S/c1-12-3-5-17(13(2)9-12)24-20-16(19(26)25-21-23-7-8-28-21)11-14-10-15(22)4-6-18(14)27-20/h3-11H,1-2H3,(H,23,25,26). The van der Waals surface area contributed by atoms with E-state index in [4.69, 9.17) is 4.42 Å². The van der Waals surface area contributed by atoms with E-state index in [0.29, 0.717) is 16.3 Å². The first-order valence-electron chi connectivity index (χ1n) is 8.56. The van der Waals surface area contributed by atoms with Gasteiger partial charge in [-0.2, -0.15) is 0 Å². The normalized spacial score (nSPS) is 11.8. The number of anilines is 1. The van der Waals surface area contributed by atoms with Gasteiger partial charge >= 0.3 is 0 Å². The molecule has 2 aromatic heterocycles. The van der Waals surface area contributed by atoms with Crippen LogP contribution in [0.4, 0.5) is 10.8 Å². The van der Waals surface area contributed by atoms with Gasteiger partial charge in [-0.25, -0.2) is 9.98 Å². The van der Waals surface area contributed by atoms with E-state index in [1.807, 2.05) is 50.2 Å². The molecule has 0 radical (unpaired) electrons. The minimum atomic E-state index is -0.316. The number of nitrogens with one attached hydrogen (secondary N) is 1. The summed E-state index contributed by atoms with van der Waals surface area (Å²) in [5.74, 6) is -0.316. The largest absolute Gasteiger partial charge is 0.438 e. The molecular weight excluding hydrogens is 438 g/mol. The number of hydrogen-bond donors (Lipinski definition) is 1. The van der Waals surface area contributed by atoms with Gasteiger partial charge in [-0.05, 0) is 49.7 Å². The predicted octanol–water partition coefficient (Wildman–Crippen LogP) is 5.75. The molecule has 140 valence electrons. The van der Waals surface area contributed by atoms with E-state index in [2.05, 4.69) is 31.2 Å². The average Bonchev–Trinajstić information content (AvgIpc) is 3.16. The van der Waals surface area contributed by atoms with Crippen molar-refractivity contribution in [1.29, 1.82) is 0 Å². The molecule has 0 atom stereocenters. The molecule has 0 saturated heterocycles. The van der Waals surface area contributed by atoms with Gasteiger partial charge in [0, 0.05) is 21.4 Å². The van der Waals surface area contributed by atoms with Crippen molar-refractivity contribution >= 4 is 55.0 Å². The van der Waals surface area contributed by atoms with Crippen LogP contribution in [0.3, 0.4) is 0 Å². The maximum absolute atomic E-state index is 12.9. The monoisotopic (exact) mass is 453 g/mol. The highest BCUT2D eigenvalue weighted by Crippen LogP contribution is 2.22. The number of carbonyl (C=O) groups is 1. The Morgan fingerprint density at radius 3 is 2.79 bits per heavy atom. The fourth-order valence-corrected chi connectivity index (χ4v) is 3.74. The summed E-state index contributed by atoms with van der Waals surface area (Å²) < 4.78 is 6.92. The van der Waals surface area contributed by atoms with Gasteiger partial charge in [0.25, 0.3) is 5.91 Å². The predicted molar refractivity (Wildman–Crippen MR) is 115 cm³/mol. The highest BCUT2D eigenvalue weighted by atomic mass is 79.9. The lowest BCUT2D eigenvalue weighted by atomic mass is 10.1. The van der Waals surface area contributed by atoms with Crippen LogP contribution in [0.2, 0.25) is 0 Å². The average molecular weight is 454 g/mol. The second-order valence-corrected chi connectivity index (χ2v) is 8.15. The van der Waals surface area contributed by atoms with Crippen LogP contribution < -0.4 is 10.9 Å². The molecule has 0 spiro atoms. The van der Waals surface area contributed by atoms with Crippen molar-refractivity contribution in [3.63, 3.8) is 0 Å².